The van der Waals surface area contributed by atoms with E-state index in [-0.39, 0.29) is 24.5 Å². The standard InChI is InChI=1S/C16H18O8S/c1-3-14(17)22-10-4-5-11-23-16(19)24-13-8-6-12(7-9-13)15(18)25(2,20)21/h3,6-9H,1,4-5,10-11H2,2H3. The number of unbranched alkanes of at least 4 members (excludes halogenated alkanes) is 1. The average Bonchev–Trinajstić information content (AvgIpc) is 2.56. The molecule has 136 valence electrons. The fourth-order valence-corrected chi connectivity index (χ4v) is 2.15. The van der Waals surface area contributed by atoms with Crippen molar-refractivity contribution in [3.63, 3.8) is 0 Å². The lowest BCUT2D eigenvalue weighted by atomic mass is 10.2. The van der Waals surface area contributed by atoms with Crippen molar-refractivity contribution in [1.29, 1.82) is 0 Å². The topological polar surface area (TPSA) is 113 Å². The smallest absolute Gasteiger partial charge is 0.463 e. The van der Waals surface area contributed by atoms with Gasteiger partial charge >= 0.3 is 12.1 Å². The molecule has 0 fully saturated rings. The minimum atomic E-state index is -3.83. The van der Waals surface area contributed by atoms with Crippen LogP contribution in [0.4, 0.5) is 4.79 Å². The number of benzene rings is 1. The second kappa shape index (κ2) is 9.58. The maximum atomic E-state index is 11.5. The zero-order valence-corrected chi connectivity index (χ0v) is 14.4. The summed E-state index contributed by atoms with van der Waals surface area (Å²) in [4.78, 5) is 33.8. The van der Waals surface area contributed by atoms with Gasteiger partial charge in [-0.3, -0.25) is 4.79 Å². The molecule has 0 aliphatic heterocycles. The third-order valence-electron chi connectivity index (χ3n) is 2.80. The van der Waals surface area contributed by atoms with Gasteiger partial charge in [-0.25, -0.2) is 18.0 Å². The molecule has 8 nitrogen and oxygen atoms in total. The highest BCUT2D eigenvalue weighted by molar-refractivity contribution is 8.06. The molecule has 0 saturated carbocycles. The molecule has 0 N–H and O–H groups in total. The Morgan fingerprint density at radius 3 is 2.12 bits per heavy atom. The fraction of sp³-hybridized carbons (Fsp3) is 0.312. The molecule has 1 aromatic rings. The Morgan fingerprint density at radius 2 is 1.60 bits per heavy atom. The lowest BCUT2D eigenvalue weighted by molar-refractivity contribution is -0.137. The predicted molar refractivity (Wildman–Crippen MR) is 88.0 cm³/mol. The summed E-state index contributed by atoms with van der Waals surface area (Å²) in [5, 5.41) is -1.02. The number of sulfone groups is 1. The number of carbonyl (C=O) groups is 3. The van der Waals surface area contributed by atoms with Crippen molar-refractivity contribution in [3.05, 3.63) is 42.5 Å². The van der Waals surface area contributed by atoms with Crippen LogP contribution in [-0.4, -0.2) is 45.1 Å². The SMILES string of the molecule is C=CC(=O)OCCCCOC(=O)Oc1ccc(C(=O)S(C)(=O)=O)cc1. The molecule has 0 bridgehead atoms. The zero-order valence-electron chi connectivity index (χ0n) is 13.6. The molecule has 1 aromatic carbocycles. The van der Waals surface area contributed by atoms with Gasteiger partial charge in [0.05, 0.1) is 13.2 Å². The quantitative estimate of drug-likeness (QED) is 0.295. The normalized spacial score (nSPS) is 10.6. The van der Waals surface area contributed by atoms with Crippen LogP contribution in [0.1, 0.15) is 23.2 Å². The van der Waals surface area contributed by atoms with E-state index in [4.69, 9.17) is 14.2 Å². The molecule has 25 heavy (non-hydrogen) atoms. The molecule has 0 unspecified atom stereocenters. The highest BCUT2D eigenvalue weighted by Crippen LogP contribution is 2.14. The zero-order chi connectivity index (χ0) is 18.9. The summed E-state index contributed by atoms with van der Waals surface area (Å²) < 4.78 is 36.8. The summed E-state index contributed by atoms with van der Waals surface area (Å²) in [7, 11) is -3.83. The number of esters is 1. The summed E-state index contributed by atoms with van der Waals surface area (Å²) in [5.74, 6) is -0.409. The number of hydrogen-bond donors (Lipinski definition) is 0. The summed E-state index contributed by atoms with van der Waals surface area (Å²) in [5.41, 5.74) is -0.0303. The first-order valence-electron chi connectivity index (χ1n) is 7.22. The van der Waals surface area contributed by atoms with Crippen LogP contribution in [0.3, 0.4) is 0 Å². The van der Waals surface area contributed by atoms with Crippen molar-refractivity contribution in [2.45, 2.75) is 12.8 Å². The fourth-order valence-electron chi connectivity index (χ4n) is 1.59. The van der Waals surface area contributed by atoms with Crippen LogP contribution in [0.25, 0.3) is 0 Å². The van der Waals surface area contributed by atoms with E-state index in [1.54, 1.807) is 0 Å². The molecule has 0 radical (unpaired) electrons. The van der Waals surface area contributed by atoms with Crippen LogP contribution in [0.2, 0.25) is 0 Å². The van der Waals surface area contributed by atoms with Gasteiger partial charge in [-0.05, 0) is 37.1 Å². The Kier molecular flexibility index (Phi) is 7.80. The molecule has 0 heterocycles. The van der Waals surface area contributed by atoms with Crippen LogP contribution in [0, 0.1) is 0 Å². The van der Waals surface area contributed by atoms with Crippen LogP contribution in [0.5, 0.6) is 5.75 Å². The van der Waals surface area contributed by atoms with Gasteiger partial charge in [-0.1, -0.05) is 6.58 Å². The van der Waals surface area contributed by atoms with E-state index in [2.05, 4.69) is 6.58 Å². The van der Waals surface area contributed by atoms with Gasteiger partial charge in [-0.15, -0.1) is 0 Å². The number of rotatable bonds is 8. The lowest BCUT2D eigenvalue weighted by Gasteiger charge is -2.06. The van der Waals surface area contributed by atoms with E-state index in [0.29, 0.717) is 12.8 Å². The minimum Gasteiger partial charge on any atom is -0.463 e. The van der Waals surface area contributed by atoms with E-state index in [9.17, 15) is 22.8 Å². The summed E-state index contributed by atoms with van der Waals surface area (Å²) in [6.07, 6.45) is 1.92. The van der Waals surface area contributed by atoms with E-state index in [1.165, 1.54) is 24.3 Å². The third kappa shape index (κ3) is 7.62. The Bertz CT molecular complexity index is 734. The molecular formula is C16H18O8S. The van der Waals surface area contributed by atoms with Gasteiger partial charge < -0.3 is 14.2 Å². The summed E-state index contributed by atoms with van der Waals surface area (Å²) in [6.45, 7) is 3.53. The average molecular weight is 370 g/mol. The van der Waals surface area contributed by atoms with E-state index >= 15 is 0 Å². The Balaban J connectivity index is 2.34. The van der Waals surface area contributed by atoms with Crippen molar-refractivity contribution in [2.24, 2.45) is 0 Å². The van der Waals surface area contributed by atoms with Crippen molar-refractivity contribution < 1.29 is 37.0 Å². The number of carbonyl (C=O) groups excluding carboxylic acids is 3. The van der Waals surface area contributed by atoms with E-state index in [1.807, 2.05) is 0 Å². The molecule has 0 spiro atoms. The first kappa shape index (κ1) is 20.4. The van der Waals surface area contributed by atoms with Crippen LogP contribution < -0.4 is 4.74 Å². The molecule has 9 heteroatoms. The van der Waals surface area contributed by atoms with Crippen LogP contribution in [-0.2, 0) is 24.1 Å². The van der Waals surface area contributed by atoms with E-state index < -0.39 is 27.1 Å². The Hall–Kier alpha value is -2.68. The molecule has 0 saturated heterocycles. The Morgan fingerprint density at radius 1 is 1.04 bits per heavy atom. The molecular weight excluding hydrogens is 352 g/mol. The monoisotopic (exact) mass is 370 g/mol. The van der Waals surface area contributed by atoms with E-state index in [0.717, 1.165) is 12.3 Å². The summed E-state index contributed by atoms with van der Waals surface area (Å²) in [6, 6.07) is 5.04. The first-order chi connectivity index (χ1) is 11.7. The van der Waals surface area contributed by atoms with Crippen molar-refractivity contribution in [3.8, 4) is 5.75 Å². The molecule has 0 aliphatic carbocycles. The van der Waals surface area contributed by atoms with Gasteiger partial charge in [0.25, 0.3) is 5.12 Å². The lowest BCUT2D eigenvalue weighted by Crippen LogP contribution is -2.14. The highest BCUT2D eigenvalue weighted by atomic mass is 32.2. The predicted octanol–water partition coefficient (Wildman–Crippen LogP) is 1.90. The minimum absolute atomic E-state index is 0.0303. The van der Waals surface area contributed by atoms with Gasteiger partial charge in [-0.2, -0.15) is 0 Å². The maximum Gasteiger partial charge on any atom is 0.513 e. The van der Waals surface area contributed by atoms with Gasteiger partial charge in [0.15, 0.2) is 0 Å². The third-order valence-corrected chi connectivity index (χ3v) is 3.71. The molecule has 0 atom stereocenters. The first-order valence-corrected chi connectivity index (χ1v) is 9.11. The highest BCUT2D eigenvalue weighted by Gasteiger charge is 2.18. The largest absolute Gasteiger partial charge is 0.513 e. The van der Waals surface area contributed by atoms with Gasteiger partial charge in [0.1, 0.15) is 5.75 Å². The van der Waals surface area contributed by atoms with Crippen molar-refractivity contribution in [1.82, 2.24) is 0 Å². The molecule has 0 aliphatic rings. The van der Waals surface area contributed by atoms with Crippen LogP contribution in [0.15, 0.2) is 36.9 Å². The second-order valence-corrected chi connectivity index (χ2v) is 6.78. The summed E-state index contributed by atoms with van der Waals surface area (Å²) >= 11 is 0. The second-order valence-electron chi connectivity index (χ2n) is 4.86. The van der Waals surface area contributed by atoms with Crippen LogP contribution >= 0.6 is 0 Å². The van der Waals surface area contributed by atoms with Crippen molar-refractivity contribution in [2.75, 3.05) is 19.5 Å². The molecule has 0 aromatic heterocycles. The molecule has 1 rings (SSSR count). The van der Waals surface area contributed by atoms with Crippen molar-refractivity contribution >= 4 is 27.1 Å². The number of ether oxygens (including phenoxy) is 3. The van der Waals surface area contributed by atoms with Gasteiger partial charge in [0.2, 0.25) is 9.84 Å². The number of hydrogen-bond acceptors (Lipinski definition) is 8. The Labute approximate surface area is 145 Å². The van der Waals surface area contributed by atoms with Gasteiger partial charge in [0, 0.05) is 17.9 Å². The molecule has 0 amide bonds. The maximum absolute atomic E-state index is 11.5.